The Bertz CT molecular complexity index is 772. The lowest BCUT2D eigenvalue weighted by Gasteiger charge is -2.19. The number of halogens is 1. The number of nitrogens with zero attached hydrogens (tertiary/aromatic N) is 1. The number of anilines is 1. The fourth-order valence-electron chi connectivity index (χ4n) is 2.10. The standard InChI is InChI=1S/C15H13BrN2O4/c16-10-1-4-15(20)18(8-10)9-14(19)17-11-2-3-12-13(7-11)22-6-5-21-12/h1-4,7-8H,5-6,9H2,(H,17,19). The molecule has 2 aromatic rings. The van der Waals surface area contributed by atoms with E-state index in [2.05, 4.69) is 21.2 Å². The third kappa shape index (κ3) is 3.30. The first kappa shape index (κ1) is 14.6. The molecular formula is C15H13BrN2O4. The highest BCUT2D eigenvalue weighted by Crippen LogP contribution is 2.32. The zero-order chi connectivity index (χ0) is 15.5. The van der Waals surface area contributed by atoms with Gasteiger partial charge in [-0.2, -0.15) is 0 Å². The van der Waals surface area contributed by atoms with Crippen molar-refractivity contribution in [1.29, 1.82) is 0 Å². The van der Waals surface area contributed by atoms with Gasteiger partial charge in [0.2, 0.25) is 5.91 Å². The van der Waals surface area contributed by atoms with E-state index in [1.807, 2.05) is 0 Å². The Morgan fingerprint density at radius 3 is 2.77 bits per heavy atom. The third-order valence-corrected chi connectivity index (χ3v) is 3.56. The summed E-state index contributed by atoms with van der Waals surface area (Å²) in [5.74, 6) is 0.966. The zero-order valence-electron chi connectivity index (χ0n) is 11.5. The van der Waals surface area contributed by atoms with E-state index in [4.69, 9.17) is 9.47 Å². The van der Waals surface area contributed by atoms with Crippen LogP contribution in [0.3, 0.4) is 0 Å². The Hall–Kier alpha value is -2.28. The predicted molar refractivity (Wildman–Crippen MR) is 84.5 cm³/mol. The lowest BCUT2D eigenvalue weighted by molar-refractivity contribution is -0.116. The molecule has 0 aliphatic carbocycles. The monoisotopic (exact) mass is 364 g/mol. The number of rotatable bonds is 3. The molecule has 0 saturated heterocycles. The number of pyridine rings is 1. The van der Waals surface area contributed by atoms with Gasteiger partial charge in [-0.25, -0.2) is 0 Å². The molecule has 0 unspecified atom stereocenters. The average molecular weight is 365 g/mol. The number of benzene rings is 1. The molecular weight excluding hydrogens is 352 g/mol. The highest BCUT2D eigenvalue weighted by atomic mass is 79.9. The van der Waals surface area contributed by atoms with Crippen LogP contribution in [0.5, 0.6) is 11.5 Å². The Balaban J connectivity index is 1.71. The summed E-state index contributed by atoms with van der Waals surface area (Å²) in [6, 6.07) is 8.22. The highest BCUT2D eigenvalue weighted by molar-refractivity contribution is 9.10. The first-order valence-electron chi connectivity index (χ1n) is 6.67. The van der Waals surface area contributed by atoms with E-state index in [-0.39, 0.29) is 18.0 Å². The molecule has 1 aliphatic heterocycles. The molecule has 7 heteroatoms. The second-order valence-corrected chi connectivity index (χ2v) is 5.64. The van der Waals surface area contributed by atoms with Crippen molar-refractivity contribution in [2.24, 2.45) is 0 Å². The summed E-state index contributed by atoms with van der Waals surface area (Å²) < 4.78 is 12.9. The number of carbonyl (C=O) groups excluding carboxylic acids is 1. The number of fused-ring (bicyclic) bond motifs is 1. The van der Waals surface area contributed by atoms with Crippen LogP contribution in [0.15, 0.2) is 45.8 Å². The zero-order valence-corrected chi connectivity index (χ0v) is 13.1. The van der Waals surface area contributed by atoms with Gasteiger partial charge in [-0.05, 0) is 34.1 Å². The molecule has 2 heterocycles. The van der Waals surface area contributed by atoms with E-state index in [1.54, 1.807) is 30.5 Å². The first-order valence-corrected chi connectivity index (χ1v) is 7.46. The van der Waals surface area contributed by atoms with Crippen LogP contribution >= 0.6 is 15.9 Å². The minimum Gasteiger partial charge on any atom is -0.486 e. The SMILES string of the molecule is O=C(Cn1cc(Br)ccc1=O)Nc1ccc2c(c1)OCCO2. The van der Waals surface area contributed by atoms with E-state index in [0.29, 0.717) is 30.4 Å². The smallest absolute Gasteiger partial charge is 0.251 e. The summed E-state index contributed by atoms with van der Waals surface area (Å²) in [4.78, 5) is 23.7. The molecule has 0 bridgehead atoms. The van der Waals surface area contributed by atoms with Crippen LogP contribution in [0, 0.1) is 0 Å². The summed E-state index contributed by atoms with van der Waals surface area (Å²) in [6.07, 6.45) is 1.58. The van der Waals surface area contributed by atoms with Crippen molar-refractivity contribution in [3.63, 3.8) is 0 Å². The van der Waals surface area contributed by atoms with Gasteiger partial charge >= 0.3 is 0 Å². The quantitative estimate of drug-likeness (QED) is 0.904. The van der Waals surface area contributed by atoms with Gasteiger partial charge in [-0.15, -0.1) is 0 Å². The van der Waals surface area contributed by atoms with Gasteiger partial charge < -0.3 is 19.4 Å². The molecule has 1 aliphatic rings. The third-order valence-electron chi connectivity index (χ3n) is 3.09. The molecule has 0 spiro atoms. The molecule has 1 amide bonds. The molecule has 22 heavy (non-hydrogen) atoms. The number of carbonyl (C=O) groups is 1. The van der Waals surface area contributed by atoms with Crippen LogP contribution in [0.2, 0.25) is 0 Å². The maximum Gasteiger partial charge on any atom is 0.251 e. The molecule has 0 fully saturated rings. The van der Waals surface area contributed by atoms with Crippen molar-refractivity contribution in [1.82, 2.24) is 4.57 Å². The Morgan fingerprint density at radius 2 is 1.95 bits per heavy atom. The molecule has 114 valence electrons. The van der Waals surface area contributed by atoms with Gasteiger partial charge in [-0.1, -0.05) is 0 Å². The van der Waals surface area contributed by atoms with Crippen molar-refractivity contribution in [2.75, 3.05) is 18.5 Å². The van der Waals surface area contributed by atoms with Crippen LogP contribution in [-0.4, -0.2) is 23.7 Å². The van der Waals surface area contributed by atoms with E-state index in [1.165, 1.54) is 10.6 Å². The van der Waals surface area contributed by atoms with E-state index >= 15 is 0 Å². The van der Waals surface area contributed by atoms with Crippen molar-refractivity contribution >= 4 is 27.5 Å². The Labute approximate surface area is 134 Å². The first-order chi connectivity index (χ1) is 10.6. The van der Waals surface area contributed by atoms with Crippen LogP contribution in [0.1, 0.15) is 0 Å². The second-order valence-electron chi connectivity index (χ2n) is 4.72. The van der Waals surface area contributed by atoms with Gasteiger partial charge in [0.05, 0.1) is 0 Å². The summed E-state index contributed by atoms with van der Waals surface area (Å²) in [5, 5.41) is 2.74. The van der Waals surface area contributed by atoms with E-state index < -0.39 is 0 Å². The summed E-state index contributed by atoms with van der Waals surface area (Å²) >= 11 is 3.27. The number of hydrogen-bond donors (Lipinski definition) is 1. The summed E-state index contributed by atoms with van der Waals surface area (Å²) in [6.45, 7) is 0.940. The predicted octanol–water partition coefficient (Wildman–Crippen LogP) is 2.02. The van der Waals surface area contributed by atoms with Gasteiger partial charge in [0.15, 0.2) is 11.5 Å². The Kier molecular flexibility index (Phi) is 4.15. The number of amides is 1. The normalized spacial score (nSPS) is 12.8. The fourth-order valence-corrected chi connectivity index (χ4v) is 2.48. The van der Waals surface area contributed by atoms with Crippen LogP contribution in [0.25, 0.3) is 0 Å². The highest BCUT2D eigenvalue weighted by Gasteiger charge is 2.13. The van der Waals surface area contributed by atoms with Crippen molar-refractivity contribution in [3.8, 4) is 11.5 Å². The van der Waals surface area contributed by atoms with Crippen LogP contribution in [-0.2, 0) is 11.3 Å². The van der Waals surface area contributed by atoms with Gasteiger partial charge in [0.25, 0.3) is 5.56 Å². The molecule has 6 nitrogen and oxygen atoms in total. The maximum atomic E-state index is 12.1. The Morgan fingerprint density at radius 1 is 1.18 bits per heavy atom. The van der Waals surface area contributed by atoms with Gasteiger partial charge in [-0.3, -0.25) is 9.59 Å². The van der Waals surface area contributed by atoms with Crippen molar-refractivity contribution in [2.45, 2.75) is 6.54 Å². The fraction of sp³-hybridized carbons (Fsp3) is 0.200. The largest absolute Gasteiger partial charge is 0.486 e. The number of ether oxygens (including phenoxy) is 2. The molecule has 3 rings (SSSR count). The topological polar surface area (TPSA) is 69.6 Å². The number of aromatic nitrogens is 1. The summed E-state index contributed by atoms with van der Waals surface area (Å²) in [5.41, 5.74) is 0.359. The van der Waals surface area contributed by atoms with Gasteiger partial charge in [0.1, 0.15) is 19.8 Å². The summed E-state index contributed by atoms with van der Waals surface area (Å²) in [7, 11) is 0. The van der Waals surface area contributed by atoms with Crippen LogP contribution < -0.4 is 20.3 Å². The molecule has 1 aromatic heterocycles. The van der Waals surface area contributed by atoms with Crippen molar-refractivity contribution < 1.29 is 14.3 Å². The van der Waals surface area contributed by atoms with Crippen LogP contribution in [0.4, 0.5) is 5.69 Å². The minimum atomic E-state index is -0.295. The van der Waals surface area contributed by atoms with Gasteiger partial charge in [0, 0.05) is 28.5 Å². The minimum absolute atomic E-state index is 0.0628. The molecule has 1 aromatic carbocycles. The number of nitrogens with one attached hydrogen (secondary N) is 1. The lowest BCUT2D eigenvalue weighted by Crippen LogP contribution is -2.26. The molecule has 0 atom stereocenters. The molecule has 0 radical (unpaired) electrons. The van der Waals surface area contributed by atoms with E-state index in [0.717, 1.165) is 4.47 Å². The average Bonchev–Trinajstić information content (AvgIpc) is 2.51. The molecule has 1 N–H and O–H groups in total. The maximum absolute atomic E-state index is 12.1. The lowest BCUT2D eigenvalue weighted by atomic mass is 10.2. The van der Waals surface area contributed by atoms with E-state index in [9.17, 15) is 9.59 Å². The number of hydrogen-bond acceptors (Lipinski definition) is 4. The van der Waals surface area contributed by atoms with Crippen molar-refractivity contribution in [3.05, 3.63) is 51.4 Å². The molecule has 0 saturated carbocycles. The second kappa shape index (κ2) is 6.23.